The molecule has 19 heavy (non-hydrogen) atoms. The third-order valence-electron chi connectivity index (χ3n) is 2.85. The molecular weight excluding hydrogens is 253 g/mol. The molecule has 3 aromatic rings. The SMILES string of the molecule is FC(F)(F)c1nc(-c2ccccc2)c2ccccn12. The van der Waals surface area contributed by atoms with Crippen molar-refractivity contribution >= 4 is 5.52 Å². The standard InChI is InChI=1S/C14H9F3N2/c15-14(16,17)13-18-12(10-6-2-1-3-7-10)11-8-4-5-9-19(11)13/h1-9H. The van der Waals surface area contributed by atoms with Gasteiger partial charge in [0, 0.05) is 11.8 Å². The summed E-state index contributed by atoms with van der Waals surface area (Å²) in [5.41, 5.74) is 1.45. The van der Waals surface area contributed by atoms with E-state index in [9.17, 15) is 13.2 Å². The Morgan fingerprint density at radius 3 is 2.26 bits per heavy atom. The van der Waals surface area contributed by atoms with Crippen molar-refractivity contribution in [2.75, 3.05) is 0 Å². The van der Waals surface area contributed by atoms with Gasteiger partial charge in [-0.25, -0.2) is 4.98 Å². The highest BCUT2D eigenvalue weighted by molar-refractivity contribution is 5.77. The predicted octanol–water partition coefficient (Wildman–Crippen LogP) is 4.02. The Balaban J connectivity index is 2.33. The highest BCUT2D eigenvalue weighted by atomic mass is 19.4. The molecule has 96 valence electrons. The van der Waals surface area contributed by atoms with Crippen LogP contribution in [-0.4, -0.2) is 9.38 Å². The monoisotopic (exact) mass is 262 g/mol. The van der Waals surface area contributed by atoms with E-state index in [0.717, 1.165) is 4.40 Å². The highest BCUT2D eigenvalue weighted by Gasteiger charge is 2.37. The lowest BCUT2D eigenvalue weighted by Crippen LogP contribution is -2.10. The van der Waals surface area contributed by atoms with Crippen LogP contribution in [-0.2, 0) is 6.18 Å². The summed E-state index contributed by atoms with van der Waals surface area (Å²) >= 11 is 0. The maximum Gasteiger partial charge on any atom is 0.450 e. The summed E-state index contributed by atoms with van der Waals surface area (Å²) < 4.78 is 40.0. The second kappa shape index (κ2) is 4.12. The van der Waals surface area contributed by atoms with Crippen molar-refractivity contribution in [3.63, 3.8) is 0 Å². The van der Waals surface area contributed by atoms with Crippen molar-refractivity contribution in [3.8, 4) is 11.3 Å². The van der Waals surface area contributed by atoms with E-state index in [2.05, 4.69) is 4.98 Å². The largest absolute Gasteiger partial charge is 0.450 e. The molecule has 2 heterocycles. The molecule has 0 aliphatic heterocycles. The molecule has 0 unspecified atom stereocenters. The first-order valence-corrected chi connectivity index (χ1v) is 5.67. The van der Waals surface area contributed by atoms with Gasteiger partial charge in [-0.15, -0.1) is 0 Å². The number of fused-ring (bicyclic) bond motifs is 1. The lowest BCUT2D eigenvalue weighted by Gasteiger charge is -2.03. The summed E-state index contributed by atoms with van der Waals surface area (Å²) in [7, 11) is 0. The number of benzene rings is 1. The quantitative estimate of drug-likeness (QED) is 0.647. The molecular formula is C14H9F3N2. The fourth-order valence-corrected chi connectivity index (χ4v) is 2.05. The Kier molecular flexibility index (Phi) is 2.55. The van der Waals surface area contributed by atoms with Gasteiger partial charge in [0.15, 0.2) is 0 Å². The first-order chi connectivity index (χ1) is 9.07. The van der Waals surface area contributed by atoms with E-state index in [-0.39, 0.29) is 0 Å². The zero-order valence-electron chi connectivity index (χ0n) is 9.72. The van der Waals surface area contributed by atoms with Crippen LogP contribution in [0.15, 0.2) is 54.7 Å². The van der Waals surface area contributed by atoms with Crippen molar-refractivity contribution in [1.29, 1.82) is 0 Å². The number of pyridine rings is 1. The van der Waals surface area contributed by atoms with Crippen molar-refractivity contribution < 1.29 is 13.2 Å². The molecule has 3 rings (SSSR count). The van der Waals surface area contributed by atoms with Crippen LogP contribution in [0.5, 0.6) is 0 Å². The second-order valence-corrected chi connectivity index (χ2v) is 4.10. The van der Waals surface area contributed by atoms with Gasteiger partial charge in [-0.3, -0.25) is 4.40 Å². The Labute approximate surface area is 107 Å². The predicted molar refractivity (Wildman–Crippen MR) is 65.6 cm³/mol. The molecule has 0 amide bonds. The number of aromatic nitrogens is 2. The van der Waals surface area contributed by atoms with Gasteiger partial charge in [0.2, 0.25) is 5.82 Å². The van der Waals surface area contributed by atoms with Gasteiger partial charge < -0.3 is 0 Å². The van der Waals surface area contributed by atoms with E-state index in [1.54, 1.807) is 42.5 Å². The number of imidazole rings is 1. The molecule has 0 aliphatic carbocycles. The van der Waals surface area contributed by atoms with Crippen LogP contribution >= 0.6 is 0 Å². The minimum absolute atomic E-state index is 0.341. The van der Waals surface area contributed by atoms with Crippen LogP contribution in [0.3, 0.4) is 0 Å². The average molecular weight is 262 g/mol. The van der Waals surface area contributed by atoms with Crippen molar-refractivity contribution in [2.45, 2.75) is 6.18 Å². The fraction of sp³-hybridized carbons (Fsp3) is 0.0714. The second-order valence-electron chi connectivity index (χ2n) is 4.10. The van der Waals surface area contributed by atoms with E-state index < -0.39 is 12.0 Å². The minimum Gasteiger partial charge on any atom is -0.296 e. The van der Waals surface area contributed by atoms with Gasteiger partial charge in [-0.05, 0) is 12.1 Å². The number of halogens is 3. The summed E-state index contributed by atoms with van der Waals surface area (Å²) in [5, 5.41) is 0. The molecule has 0 N–H and O–H groups in total. The molecule has 0 aliphatic rings. The summed E-state index contributed by atoms with van der Waals surface area (Å²) in [6.45, 7) is 0. The van der Waals surface area contributed by atoms with Crippen LogP contribution in [0, 0.1) is 0 Å². The summed E-state index contributed by atoms with van der Waals surface area (Å²) in [6, 6.07) is 13.7. The number of rotatable bonds is 1. The highest BCUT2D eigenvalue weighted by Crippen LogP contribution is 2.33. The summed E-state index contributed by atoms with van der Waals surface area (Å²) in [4.78, 5) is 3.77. The summed E-state index contributed by atoms with van der Waals surface area (Å²) in [6.07, 6.45) is -3.10. The van der Waals surface area contributed by atoms with Gasteiger partial charge >= 0.3 is 6.18 Å². The van der Waals surface area contributed by atoms with Crippen LogP contribution in [0.2, 0.25) is 0 Å². The zero-order chi connectivity index (χ0) is 13.5. The van der Waals surface area contributed by atoms with Crippen molar-refractivity contribution in [1.82, 2.24) is 9.38 Å². The number of hydrogen-bond acceptors (Lipinski definition) is 1. The lowest BCUT2D eigenvalue weighted by molar-refractivity contribution is -0.145. The number of hydrogen-bond donors (Lipinski definition) is 0. The van der Waals surface area contributed by atoms with Gasteiger partial charge in [0.25, 0.3) is 0 Å². The third kappa shape index (κ3) is 1.97. The van der Waals surface area contributed by atoms with E-state index in [1.165, 1.54) is 6.20 Å². The first kappa shape index (κ1) is 11.8. The number of alkyl halides is 3. The smallest absolute Gasteiger partial charge is 0.296 e. The fourth-order valence-electron chi connectivity index (χ4n) is 2.05. The number of nitrogens with zero attached hydrogens (tertiary/aromatic N) is 2. The molecule has 0 bridgehead atoms. The molecule has 0 saturated carbocycles. The first-order valence-electron chi connectivity index (χ1n) is 5.67. The third-order valence-corrected chi connectivity index (χ3v) is 2.85. The molecule has 2 aromatic heterocycles. The molecule has 5 heteroatoms. The molecule has 0 saturated heterocycles. The van der Waals surface area contributed by atoms with Crippen molar-refractivity contribution in [3.05, 3.63) is 60.6 Å². The van der Waals surface area contributed by atoms with Crippen LogP contribution in [0.25, 0.3) is 16.8 Å². The van der Waals surface area contributed by atoms with Gasteiger partial charge in [-0.1, -0.05) is 36.4 Å². The average Bonchev–Trinajstić information content (AvgIpc) is 2.79. The van der Waals surface area contributed by atoms with Crippen LogP contribution in [0.4, 0.5) is 13.2 Å². The maximum atomic E-state index is 13.0. The van der Waals surface area contributed by atoms with Gasteiger partial charge in [0.05, 0.1) is 11.2 Å². The Morgan fingerprint density at radius 1 is 0.895 bits per heavy atom. The molecule has 0 atom stereocenters. The normalized spacial score (nSPS) is 11.9. The Bertz CT molecular complexity index is 714. The molecule has 2 nitrogen and oxygen atoms in total. The Hall–Kier alpha value is -2.30. The molecule has 0 fully saturated rings. The molecule has 0 spiro atoms. The van der Waals surface area contributed by atoms with E-state index in [0.29, 0.717) is 16.8 Å². The minimum atomic E-state index is -4.47. The van der Waals surface area contributed by atoms with Crippen molar-refractivity contribution in [2.24, 2.45) is 0 Å². The lowest BCUT2D eigenvalue weighted by atomic mass is 10.1. The van der Waals surface area contributed by atoms with Crippen LogP contribution in [0.1, 0.15) is 5.82 Å². The zero-order valence-corrected chi connectivity index (χ0v) is 9.72. The Morgan fingerprint density at radius 2 is 1.58 bits per heavy atom. The van der Waals surface area contributed by atoms with E-state index in [4.69, 9.17) is 0 Å². The van der Waals surface area contributed by atoms with Gasteiger partial charge in [0.1, 0.15) is 0 Å². The van der Waals surface area contributed by atoms with Gasteiger partial charge in [-0.2, -0.15) is 13.2 Å². The summed E-state index contributed by atoms with van der Waals surface area (Å²) in [5.74, 6) is -0.901. The molecule has 1 aromatic carbocycles. The van der Waals surface area contributed by atoms with Crippen LogP contribution < -0.4 is 0 Å². The van der Waals surface area contributed by atoms with E-state index in [1.807, 2.05) is 6.07 Å². The molecule has 0 radical (unpaired) electrons. The maximum absolute atomic E-state index is 13.0. The van der Waals surface area contributed by atoms with E-state index >= 15 is 0 Å². The topological polar surface area (TPSA) is 17.3 Å².